The Morgan fingerprint density at radius 2 is 2.03 bits per heavy atom. The number of aromatic nitrogens is 4. The zero-order valence-electron chi connectivity index (χ0n) is 21.2. The molecule has 4 heterocycles. The minimum Gasteiger partial charge on any atom is -0.417 e. The molecule has 4 aromatic rings. The van der Waals surface area contributed by atoms with Crippen LogP contribution in [0.4, 0.5) is 0 Å². The van der Waals surface area contributed by atoms with Gasteiger partial charge in [0.15, 0.2) is 0 Å². The molecule has 2 atom stereocenters. The first-order valence-electron chi connectivity index (χ1n) is 12.4. The van der Waals surface area contributed by atoms with Gasteiger partial charge in [0, 0.05) is 35.8 Å². The van der Waals surface area contributed by atoms with E-state index in [1.54, 1.807) is 17.4 Å². The lowest BCUT2D eigenvalue weighted by Crippen LogP contribution is -2.35. The molecule has 1 saturated heterocycles. The molecule has 1 aliphatic heterocycles. The van der Waals surface area contributed by atoms with Crippen LogP contribution < -0.4 is 11.3 Å². The molecule has 9 nitrogen and oxygen atoms in total. The van der Waals surface area contributed by atoms with Gasteiger partial charge in [-0.25, -0.2) is 4.98 Å². The number of likely N-dealkylation sites (tertiary alicyclic amines) is 1. The van der Waals surface area contributed by atoms with Gasteiger partial charge in [0.1, 0.15) is 10.7 Å². The van der Waals surface area contributed by atoms with Gasteiger partial charge in [-0.15, -0.1) is 21.5 Å². The number of thiazole rings is 1. The summed E-state index contributed by atoms with van der Waals surface area (Å²) < 4.78 is 7.54. The molecular formula is C27H30N6O3S. The fourth-order valence-corrected chi connectivity index (χ4v) is 5.78. The Morgan fingerprint density at radius 1 is 1.24 bits per heavy atom. The smallest absolute Gasteiger partial charge is 0.264 e. The second-order valence-corrected chi connectivity index (χ2v) is 10.6. The second-order valence-electron chi connectivity index (χ2n) is 9.69. The maximum atomic E-state index is 13.6. The molecule has 37 heavy (non-hydrogen) atoms. The second kappa shape index (κ2) is 10.0. The molecule has 10 heteroatoms. The van der Waals surface area contributed by atoms with Crippen molar-refractivity contribution in [2.24, 2.45) is 5.73 Å². The number of aryl methyl sites for hydroxylation is 1. The summed E-state index contributed by atoms with van der Waals surface area (Å²) in [7, 11) is 0. The number of rotatable bonds is 7. The molecule has 0 saturated carbocycles. The molecule has 0 bridgehead atoms. The summed E-state index contributed by atoms with van der Waals surface area (Å²) in [6, 6.07) is 12.8. The van der Waals surface area contributed by atoms with Crippen molar-refractivity contribution in [1.82, 2.24) is 24.6 Å². The third-order valence-electron chi connectivity index (χ3n) is 6.67. The monoisotopic (exact) mass is 518 g/mol. The van der Waals surface area contributed by atoms with Crippen molar-refractivity contribution < 1.29 is 9.21 Å². The molecule has 1 fully saturated rings. The van der Waals surface area contributed by atoms with Crippen LogP contribution in [0.1, 0.15) is 65.2 Å². The Labute approximate surface area is 219 Å². The molecule has 5 rings (SSSR count). The lowest BCUT2D eigenvalue weighted by molar-refractivity contribution is 0.0735. The molecule has 0 unspecified atom stereocenters. The Hall–Kier alpha value is -3.63. The minimum atomic E-state index is -0.911. The van der Waals surface area contributed by atoms with Crippen molar-refractivity contribution in [2.75, 3.05) is 6.54 Å². The molecule has 0 radical (unpaired) electrons. The number of nitrogens with two attached hydrogens (primary N) is 1. The van der Waals surface area contributed by atoms with E-state index in [1.807, 2.05) is 61.4 Å². The normalized spacial score (nSPS) is 17.2. The van der Waals surface area contributed by atoms with E-state index in [0.29, 0.717) is 30.8 Å². The van der Waals surface area contributed by atoms with Gasteiger partial charge >= 0.3 is 0 Å². The lowest BCUT2D eigenvalue weighted by atomic mass is 9.94. The largest absolute Gasteiger partial charge is 0.417 e. The number of amides is 1. The predicted octanol–water partition coefficient (Wildman–Crippen LogP) is 4.08. The van der Waals surface area contributed by atoms with Crippen molar-refractivity contribution in [3.05, 3.63) is 85.9 Å². The molecule has 192 valence electrons. The fourth-order valence-electron chi connectivity index (χ4n) is 4.83. The average molecular weight is 519 g/mol. The summed E-state index contributed by atoms with van der Waals surface area (Å²) >= 11 is 1.56. The van der Waals surface area contributed by atoms with Crippen LogP contribution in [-0.4, -0.2) is 37.1 Å². The molecule has 0 aliphatic carbocycles. The van der Waals surface area contributed by atoms with Gasteiger partial charge < -0.3 is 19.6 Å². The van der Waals surface area contributed by atoms with Crippen molar-refractivity contribution in [3.8, 4) is 11.6 Å². The summed E-state index contributed by atoms with van der Waals surface area (Å²) in [5.41, 5.74) is 8.03. The number of nitrogens with zero attached hydrogens (tertiary/aromatic N) is 5. The van der Waals surface area contributed by atoms with E-state index in [-0.39, 0.29) is 29.3 Å². The highest BCUT2D eigenvalue weighted by atomic mass is 32.1. The molecule has 1 aliphatic rings. The Morgan fingerprint density at radius 3 is 2.73 bits per heavy atom. The maximum Gasteiger partial charge on any atom is 0.264 e. The number of benzene rings is 1. The summed E-state index contributed by atoms with van der Waals surface area (Å²) in [6.07, 6.45) is 2.24. The van der Waals surface area contributed by atoms with Crippen LogP contribution in [0, 0.1) is 6.92 Å². The van der Waals surface area contributed by atoms with Gasteiger partial charge in [-0.2, -0.15) is 0 Å². The first kappa shape index (κ1) is 25.0. The maximum absolute atomic E-state index is 13.6. The average Bonchev–Trinajstić information content (AvgIpc) is 3.64. The van der Waals surface area contributed by atoms with Crippen LogP contribution in [0.15, 0.2) is 57.1 Å². The van der Waals surface area contributed by atoms with Gasteiger partial charge in [-0.05, 0) is 51.7 Å². The van der Waals surface area contributed by atoms with E-state index >= 15 is 0 Å². The van der Waals surface area contributed by atoms with E-state index in [1.165, 1.54) is 10.6 Å². The lowest BCUT2D eigenvalue weighted by Gasteiger charge is -2.23. The van der Waals surface area contributed by atoms with Crippen LogP contribution in [-0.2, 0) is 18.5 Å². The SMILES string of the molecule is CCn1c(-c2nnc([C@@](C)(N)Cc3ccccc3)o2)cc(C(=O)N2CCC[C@@H]2c2nc(C)cs2)cc1=O. The summed E-state index contributed by atoms with van der Waals surface area (Å²) in [6.45, 7) is 6.63. The van der Waals surface area contributed by atoms with Crippen LogP contribution in [0.2, 0.25) is 0 Å². The van der Waals surface area contributed by atoms with Crippen LogP contribution >= 0.6 is 11.3 Å². The molecule has 1 aromatic carbocycles. The van der Waals surface area contributed by atoms with Gasteiger partial charge in [0.2, 0.25) is 5.89 Å². The zero-order valence-corrected chi connectivity index (χ0v) is 22.0. The van der Waals surface area contributed by atoms with Gasteiger partial charge in [0.25, 0.3) is 17.4 Å². The summed E-state index contributed by atoms with van der Waals surface area (Å²) in [5.74, 6) is 0.211. The summed E-state index contributed by atoms with van der Waals surface area (Å²) in [4.78, 5) is 33.1. The molecule has 0 spiro atoms. The number of hydrogen-bond donors (Lipinski definition) is 1. The summed E-state index contributed by atoms with van der Waals surface area (Å²) in [5, 5.41) is 11.3. The van der Waals surface area contributed by atoms with Crippen LogP contribution in [0.5, 0.6) is 0 Å². The third-order valence-corrected chi connectivity index (χ3v) is 7.74. The van der Waals surface area contributed by atoms with E-state index in [0.717, 1.165) is 29.1 Å². The van der Waals surface area contributed by atoms with Crippen molar-refractivity contribution in [1.29, 1.82) is 0 Å². The topological polar surface area (TPSA) is 120 Å². The third kappa shape index (κ3) is 4.99. The Bertz CT molecular complexity index is 1470. The highest BCUT2D eigenvalue weighted by Gasteiger charge is 2.34. The first-order chi connectivity index (χ1) is 17.8. The van der Waals surface area contributed by atoms with Gasteiger partial charge in [-0.3, -0.25) is 9.59 Å². The van der Waals surface area contributed by atoms with E-state index < -0.39 is 5.54 Å². The molecule has 1 amide bonds. The van der Waals surface area contributed by atoms with E-state index in [4.69, 9.17) is 10.2 Å². The van der Waals surface area contributed by atoms with E-state index in [9.17, 15) is 9.59 Å². The molecular weight excluding hydrogens is 488 g/mol. The standard InChI is InChI=1S/C27H30N6O3S/c1-4-32-21(23-30-31-26(36-23)27(3,28)15-18-9-6-5-7-10-18)13-19(14-22(32)34)25(35)33-12-8-11-20(33)24-29-17(2)16-37-24/h5-7,9-10,13-14,16,20H,4,8,11-12,15,28H2,1-3H3/t20-,27+/m1/s1. The van der Waals surface area contributed by atoms with Crippen molar-refractivity contribution in [3.63, 3.8) is 0 Å². The van der Waals surface area contributed by atoms with Gasteiger partial charge in [-0.1, -0.05) is 30.3 Å². The minimum absolute atomic E-state index is 0.0887. The Balaban J connectivity index is 1.47. The molecule has 2 N–H and O–H groups in total. The number of pyridine rings is 1. The number of carbonyl (C=O) groups is 1. The molecule has 3 aromatic heterocycles. The first-order valence-corrected chi connectivity index (χ1v) is 13.3. The van der Waals surface area contributed by atoms with E-state index in [2.05, 4.69) is 15.2 Å². The van der Waals surface area contributed by atoms with Gasteiger partial charge in [0.05, 0.1) is 11.6 Å². The predicted molar refractivity (Wildman–Crippen MR) is 141 cm³/mol. The highest BCUT2D eigenvalue weighted by Crippen LogP contribution is 2.35. The van der Waals surface area contributed by atoms with Crippen molar-refractivity contribution in [2.45, 2.75) is 58.2 Å². The number of carbonyl (C=O) groups excluding carboxylic acids is 1. The van der Waals surface area contributed by atoms with Crippen LogP contribution in [0.3, 0.4) is 0 Å². The number of hydrogen-bond acceptors (Lipinski definition) is 8. The quantitative estimate of drug-likeness (QED) is 0.391. The fraction of sp³-hybridized carbons (Fsp3) is 0.370. The van der Waals surface area contributed by atoms with Crippen molar-refractivity contribution >= 4 is 17.2 Å². The van der Waals surface area contributed by atoms with Crippen LogP contribution in [0.25, 0.3) is 11.6 Å². The zero-order chi connectivity index (χ0) is 26.2. The highest BCUT2D eigenvalue weighted by molar-refractivity contribution is 7.09. The Kier molecular flexibility index (Phi) is 6.78.